The number of carbonyl (C=O) groups excluding carboxylic acids is 2. The van der Waals surface area contributed by atoms with E-state index in [1.165, 1.54) is 0 Å². The van der Waals surface area contributed by atoms with E-state index < -0.39 is 6.04 Å². The number of nitrogens with zero attached hydrogens (tertiary/aromatic N) is 3. The molecule has 4 rings (SSSR count). The fourth-order valence-electron chi connectivity index (χ4n) is 4.16. The van der Waals surface area contributed by atoms with Crippen LogP contribution in [0.2, 0.25) is 0 Å². The number of aryl methyl sites for hydroxylation is 3. The van der Waals surface area contributed by atoms with Crippen molar-refractivity contribution in [1.82, 2.24) is 25.6 Å². The number of aromatic amines is 1. The van der Waals surface area contributed by atoms with Crippen molar-refractivity contribution in [2.75, 3.05) is 6.54 Å². The number of H-pyrrole nitrogens is 1. The van der Waals surface area contributed by atoms with Crippen LogP contribution in [0.5, 0.6) is 0 Å². The monoisotopic (exact) mass is 421 g/mol. The first-order valence-electron chi connectivity index (χ1n) is 10.5. The summed E-state index contributed by atoms with van der Waals surface area (Å²) in [5, 5.41) is 14.0. The third kappa shape index (κ3) is 4.52. The molecule has 0 bridgehead atoms. The first-order chi connectivity index (χ1) is 14.9. The lowest BCUT2D eigenvalue weighted by Crippen LogP contribution is -2.46. The van der Waals surface area contributed by atoms with Gasteiger partial charge in [-0.3, -0.25) is 14.7 Å². The Balaban J connectivity index is 1.35. The summed E-state index contributed by atoms with van der Waals surface area (Å²) in [5.41, 5.74) is 5.94. The topological polar surface area (TPSA) is 104 Å². The van der Waals surface area contributed by atoms with Crippen LogP contribution in [0.3, 0.4) is 0 Å². The lowest BCUT2D eigenvalue weighted by molar-refractivity contribution is -0.138. The number of benzene rings is 1. The third-order valence-electron chi connectivity index (χ3n) is 5.72. The molecule has 2 N–H and O–H groups in total. The van der Waals surface area contributed by atoms with E-state index in [9.17, 15) is 9.59 Å². The Morgan fingerprint density at radius 1 is 1.23 bits per heavy atom. The number of hydrogen-bond donors (Lipinski definition) is 2. The van der Waals surface area contributed by atoms with Gasteiger partial charge >= 0.3 is 0 Å². The van der Waals surface area contributed by atoms with Crippen molar-refractivity contribution in [2.45, 2.75) is 52.6 Å². The molecule has 0 spiro atoms. The van der Waals surface area contributed by atoms with Gasteiger partial charge in [-0.25, -0.2) is 0 Å². The quantitative estimate of drug-likeness (QED) is 0.637. The number of likely N-dealkylation sites (tertiary alicyclic amines) is 1. The van der Waals surface area contributed by atoms with E-state index in [4.69, 9.17) is 4.52 Å². The number of nitrogens with one attached hydrogen (secondary N) is 2. The largest absolute Gasteiger partial charge is 0.361 e. The molecule has 162 valence electrons. The molecule has 3 aromatic rings. The minimum absolute atomic E-state index is 0.107. The van der Waals surface area contributed by atoms with Crippen molar-refractivity contribution in [3.05, 3.63) is 58.7 Å². The predicted octanol–water partition coefficient (Wildman–Crippen LogP) is 2.84. The Morgan fingerprint density at radius 2 is 2.00 bits per heavy atom. The number of rotatable bonds is 6. The van der Waals surface area contributed by atoms with Gasteiger partial charge in [-0.2, -0.15) is 5.10 Å². The Bertz CT molecular complexity index is 1060. The van der Waals surface area contributed by atoms with Crippen molar-refractivity contribution in [3.8, 4) is 11.1 Å². The van der Waals surface area contributed by atoms with Gasteiger partial charge in [0.05, 0.1) is 17.8 Å². The molecule has 2 aromatic heterocycles. The van der Waals surface area contributed by atoms with Crippen LogP contribution in [0, 0.1) is 20.8 Å². The average molecular weight is 422 g/mol. The molecule has 1 unspecified atom stereocenters. The number of hydrogen-bond acceptors (Lipinski definition) is 5. The van der Waals surface area contributed by atoms with Crippen molar-refractivity contribution in [2.24, 2.45) is 0 Å². The highest BCUT2D eigenvalue weighted by atomic mass is 16.5. The van der Waals surface area contributed by atoms with Crippen LogP contribution in [0.15, 0.2) is 34.9 Å². The van der Waals surface area contributed by atoms with Gasteiger partial charge in [-0.15, -0.1) is 0 Å². The summed E-state index contributed by atoms with van der Waals surface area (Å²) >= 11 is 0. The Hall–Kier alpha value is -3.42. The van der Waals surface area contributed by atoms with Crippen LogP contribution in [-0.4, -0.2) is 44.7 Å². The molecule has 0 saturated carbocycles. The number of amides is 2. The van der Waals surface area contributed by atoms with Gasteiger partial charge < -0.3 is 14.7 Å². The highest BCUT2D eigenvalue weighted by Crippen LogP contribution is 2.25. The van der Waals surface area contributed by atoms with Crippen molar-refractivity contribution in [1.29, 1.82) is 0 Å². The van der Waals surface area contributed by atoms with Crippen LogP contribution in [0.4, 0.5) is 0 Å². The zero-order valence-corrected chi connectivity index (χ0v) is 18.1. The van der Waals surface area contributed by atoms with Crippen LogP contribution in [-0.2, 0) is 22.6 Å². The zero-order valence-electron chi connectivity index (χ0n) is 18.1. The fraction of sp³-hybridized carbons (Fsp3) is 0.391. The summed E-state index contributed by atoms with van der Waals surface area (Å²) in [7, 11) is 0. The standard InChI is InChI=1S/C23H27N5O3/c1-14-11-19(31-27-14)12-21(29)28-10-4-5-20(28)23(30)24-13-17-6-8-18(9-7-17)22-15(2)25-26-16(22)3/h6-9,11,20H,4-5,10,12-13H2,1-3H3,(H,24,30)(H,25,26). The maximum Gasteiger partial charge on any atom is 0.243 e. The van der Waals surface area contributed by atoms with E-state index in [1.807, 2.05) is 45.0 Å². The molecule has 8 heteroatoms. The SMILES string of the molecule is Cc1cc(CC(=O)N2CCCC2C(=O)NCc2ccc(-c3c(C)n[nH]c3C)cc2)on1. The summed E-state index contributed by atoms with van der Waals surface area (Å²) in [4.78, 5) is 27.1. The molecule has 3 heterocycles. The maximum atomic E-state index is 12.8. The van der Waals surface area contributed by atoms with E-state index in [1.54, 1.807) is 11.0 Å². The second-order valence-electron chi connectivity index (χ2n) is 8.08. The first-order valence-corrected chi connectivity index (χ1v) is 10.5. The molecule has 1 aromatic carbocycles. The molecule has 1 fully saturated rings. The zero-order chi connectivity index (χ0) is 22.0. The van der Waals surface area contributed by atoms with E-state index in [-0.39, 0.29) is 18.2 Å². The fourth-order valence-corrected chi connectivity index (χ4v) is 4.16. The highest BCUT2D eigenvalue weighted by Gasteiger charge is 2.34. The van der Waals surface area contributed by atoms with Gasteiger partial charge in [0.1, 0.15) is 11.8 Å². The van der Waals surface area contributed by atoms with E-state index >= 15 is 0 Å². The molecule has 2 amide bonds. The third-order valence-corrected chi connectivity index (χ3v) is 5.72. The number of carbonyl (C=O) groups is 2. The molecular formula is C23H27N5O3. The summed E-state index contributed by atoms with van der Waals surface area (Å²) in [6.07, 6.45) is 1.61. The van der Waals surface area contributed by atoms with Crippen LogP contribution in [0.25, 0.3) is 11.1 Å². The second kappa shape index (κ2) is 8.75. The molecule has 8 nitrogen and oxygen atoms in total. The van der Waals surface area contributed by atoms with E-state index in [2.05, 4.69) is 20.7 Å². The molecule has 0 aliphatic carbocycles. The van der Waals surface area contributed by atoms with Gasteiger partial charge in [-0.1, -0.05) is 29.4 Å². The van der Waals surface area contributed by atoms with Gasteiger partial charge in [0.25, 0.3) is 0 Å². The molecular weight excluding hydrogens is 394 g/mol. The lowest BCUT2D eigenvalue weighted by atomic mass is 10.0. The highest BCUT2D eigenvalue weighted by molar-refractivity contribution is 5.88. The van der Waals surface area contributed by atoms with Gasteiger partial charge in [0.2, 0.25) is 11.8 Å². The lowest BCUT2D eigenvalue weighted by Gasteiger charge is -2.23. The Morgan fingerprint density at radius 3 is 2.65 bits per heavy atom. The molecule has 0 radical (unpaired) electrons. The summed E-state index contributed by atoms with van der Waals surface area (Å²) in [6.45, 7) is 6.80. The van der Waals surface area contributed by atoms with Crippen molar-refractivity contribution < 1.29 is 14.1 Å². The van der Waals surface area contributed by atoms with Crippen molar-refractivity contribution >= 4 is 11.8 Å². The van der Waals surface area contributed by atoms with Gasteiger partial charge in [0, 0.05) is 30.4 Å². The molecule has 1 saturated heterocycles. The van der Waals surface area contributed by atoms with Crippen LogP contribution >= 0.6 is 0 Å². The normalized spacial score (nSPS) is 16.0. The maximum absolute atomic E-state index is 12.8. The summed E-state index contributed by atoms with van der Waals surface area (Å²) in [5.74, 6) is 0.297. The average Bonchev–Trinajstić information content (AvgIpc) is 3.47. The Labute approximate surface area is 181 Å². The molecule has 31 heavy (non-hydrogen) atoms. The smallest absolute Gasteiger partial charge is 0.243 e. The van der Waals surface area contributed by atoms with Gasteiger partial charge in [-0.05, 0) is 44.7 Å². The van der Waals surface area contributed by atoms with E-state index in [0.29, 0.717) is 25.3 Å². The molecule has 1 aliphatic rings. The summed E-state index contributed by atoms with van der Waals surface area (Å²) in [6, 6.07) is 9.40. The van der Waals surface area contributed by atoms with Crippen LogP contribution in [0.1, 0.15) is 41.2 Å². The summed E-state index contributed by atoms with van der Waals surface area (Å²) < 4.78 is 5.14. The number of aromatic nitrogens is 3. The molecule has 1 atom stereocenters. The minimum atomic E-state index is -0.438. The molecule has 1 aliphatic heterocycles. The first kappa shape index (κ1) is 20.8. The van der Waals surface area contributed by atoms with Gasteiger partial charge in [0.15, 0.2) is 0 Å². The van der Waals surface area contributed by atoms with Crippen molar-refractivity contribution in [3.63, 3.8) is 0 Å². The minimum Gasteiger partial charge on any atom is -0.361 e. The second-order valence-corrected chi connectivity index (χ2v) is 8.08. The van der Waals surface area contributed by atoms with Crippen LogP contribution < -0.4 is 5.32 Å². The Kier molecular flexibility index (Phi) is 5.88. The predicted molar refractivity (Wildman–Crippen MR) is 115 cm³/mol. The van der Waals surface area contributed by atoms with E-state index in [0.717, 1.165) is 40.2 Å².